The summed E-state index contributed by atoms with van der Waals surface area (Å²) in [6.07, 6.45) is 11.1. The van der Waals surface area contributed by atoms with E-state index in [1.54, 1.807) is 5.56 Å². The number of hydrogen-bond acceptors (Lipinski definition) is 6. The molecule has 0 amide bonds. The minimum Gasteiger partial charge on any atom is -0.436 e. The molecule has 4 N–H and O–H groups in total. The third kappa shape index (κ3) is 21.0. The number of rotatable bonds is 3. The highest BCUT2D eigenvalue weighted by atomic mass is 35.5. The van der Waals surface area contributed by atoms with Gasteiger partial charge in [0.05, 0.1) is 11.0 Å². The number of imidazole rings is 1. The Morgan fingerprint density at radius 3 is 1.51 bits per heavy atom. The number of nitrogens with one attached hydrogen (secondary N) is 4. The van der Waals surface area contributed by atoms with Crippen molar-refractivity contribution in [3.05, 3.63) is 310 Å². The predicted octanol–water partition coefficient (Wildman–Crippen LogP) is 30.2. The van der Waals surface area contributed by atoms with Crippen LogP contribution in [0.3, 0.4) is 0 Å². The minimum atomic E-state index is 0.0936. The molecule has 10 aromatic carbocycles. The van der Waals surface area contributed by atoms with Gasteiger partial charge in [-0.15, -0.1) is 0 Å². The van der Waals surface area contributed by atoms with Crippen molar-refractivity contribution in [2.75, 3.05) is 0 Å². The third-order valence-electron chi connectivity index (χ3n) is 21.8. The smallest absolute Gasteiger partial charge is 0.227 e. The van der Waals surface area contributed by atoms with Crippen LogP contribution in [0.5, 0.6) is 0 Å². The fourth-order valence-electron chi connectivity index (χ4n) is 14.6. The van der Waals surface area contributed by atoms with Crippen LogP contribution in [0.15, 0.2) is 252 Å². The van der Waals surface area contributed by atoms with Gasteiger partial charge in [0, 0.05) is 95.2 Å². The van der Waals surface area contributed by atoms with Gasteiger partial charge in [-0.25, -0.2) is 15.0 Å². The second-order valence-corrected chi connectivity index (χ2v) is 39.0. The van der Waals surface area contributed by atoms with Crippen LogP contribution in [0.4, 0.5) is 0 Å². The van der Waals surface area contributed by atoms with Gasteiger partial charge in [0.1, 0.15) is 16.9 Å². The Balaban J connectivity index is 0.000000126. The molecule has 7 heterocycles. The summed E-state index contributed by atoms with van der Waals surface area (Å²) in [5.74, 6) is 2.31. The normalized spacial score (nSPS) is 12.6. The van der Waals surface area contributed by atoms with Gasteiger partial charge in [0.25, 0.3) is 0 Å². The Labute approximate surface area is 699 Å². The van der Waals surface area contributed by atoms with E-state index < -0.39 is 0 Å². The number of aryl methyl sites for hydroxylation is 4. The highest BCUT2D eigenvalue weighted by molar-refractivity contribution is 6.32. The lowest BCUT2D eigenvalue weighted by Crippen LogP contribution is -2.12. The van der Waals surface area contributed by atoms with Crippen molar-refractivity contribution in [3.8, 4) is 34.3 Å². The molecule has 604 valence electrons. The first kappa shape index (κ1) is 85.3. The first-order valence-electron chi connectivity index (χ1n) is 41.5. The quantitative estimate of drug-likeness (QED) is 0.139. The second-order valence-electron chi connectivity index (χ2n) is 38.6. The van der Waals surface area contributed by atoms with Gasteiger partial charge in [-0.3, -0.25) is 4.98 Å². The summed E-state index contributed by atoms with van der Waals surface area (Å²) in [6.45, 7) is 50.8. The monoisotopic (exact) mass is 1570 g/mol. The maximum absolute atomic E-state index is 6.23. The predicted molar refractivity (Wildman–Crippen MR) is 499 cm³/mol. The van der Waals surface area contributed by atoms with Crippen LogP contribution in [-0.2, 0) is 50.7 Å². The molecule has 7 aromatic heterocycles. The fourth-order valence-corrected chi connectivity index (χ4v) is 15.1. The number of nitrogens with zero attached hydrogens (tertiary/aromatic N) is 4. The van der Waals surface area contributed by atoms with E-state index in [-0.39, 0.29) is 37.9 Å². The van der Waals surface area contributed by atoms with E-state index in [2.05, 4.69) is 333 Å². The van der Waals surface area contributed by atoms with E-state index in [4.69, 9.17) is 20.4 Å². The summed E-state index contributed by atoms with van der Waals surface area (Å²) in [7, 11) is 0. The van der Waals surface area contributed by atoms with Crippen LogP contribution in [0.1, 0.15) is 220 Å². The Morgan fingerprint density at radius 1 is 0.368 bits per heavy atom. The van der Waals surface area contributed by atoms with Crippen molar-refractivity contribution in [3.63, 3.8) is 0 Å². The molecule has 18 rings (SSSR count). The molecule has 0 spiro atoms. The van der Waals surface area contributed by atoms with Gasteiger partial charge in [-0.2, -0.15) is 0 Å². The molecule has 17 aromatic rings. The van der Waals surface area contributed by atoms with Gasteiger partial charge in [0.2, 0.25) is 11.8 Å². The molecule has 0 radical (unpaired) electrons. The molecule has 10 nitrogen and oxygen atoms in total. The van der Waals surface area contributed by atoms with Gasteiger partial charge in [-0.05, 0) is 218 Å². The van der Waals surface area contributed by atoms with Gasteiger partial charge in [-0.1, -0.05) is 290 Å². The summed E-state index contributed by atoms with van der Waals surface area (Å²) >= 11 is 6.23. The zero-order valence-corrected chi connectivity index (χ0v) is 74.2. The van der Waals surface area contributed by atoms with Crippen LogP contribution in [-0.4, -0.2) is 39.9 Å². The van der Waals surface area contributed by atoms with E-state index in [1.165, 1.54) is 114 Å². The van der Waals surface area contributed by atoms with E-state index in [1.807, 2.05) is 109 Å². The number of oxazole rings is 2. The van der Waals surface area contributed by atoms with E-state index in [9.17, 15) is 0 Å². The lowest BCUT2D eigenvalue weighted by molar-refractivity contribution is 0.570. The molecular weight excluding hydrogens is 1450 g/mol. The van der Waals surface area contributed by atoms with E-state index >= 15 is 0 Å². The van der Waals surface area contributed by atoms with Crippen molar-refractivity contribution in [2.45, 2.75) is 223 Å². The second kappa shape index (κ2) is 34.6. The summed E-state index contributed by atoms with van der Waals surface area (Å²) in [4.78, 5) is 31.9. The van der Waals surface area contributed by atoms with Crippen LogP contribution in [0.25, 0.3) is 111 Å². The zero-order valence-electron chi connectivity index (χ0n) is 73.4. The molecule has 0 saturated carbocycles. The number of fused-ring (bicyclic) bond motifs is 9. The molecule has 11 heteroatoms. The van der Waals surface area contributed by atoms with Crippen molar-refractivity contribution < 1.29 is 8.83 Å². The van der Waals surface area contributed by atoms with Crippen LogP contribution >= 0.6 is 11.6 Å². The molecule has 0 saturated heterocycles. The highest BCUT2D eigenvalue weighted by Crippen LogP contribution is 2.38. The SMILES string of the molecule is CC(C)(C)c1cc2[nH]ccc2cc1Cl.CC(C)(C)c1cc2ccccc2cn1.CC(C)(C)c1ccc2c3c([nH]c2c1)CCCC3.CC(C)(C)c1ccc2nc(-c3ccccc3)[nH]c2c1.CC(C)(C)c1ccc2oc(-c3ccccc3)nc2c1.Cc1c[nH]c2cccc(C(C)(C)C)c12.Cc1ccccc1-c1nc2cc(C(C)(C)C)ccc2o1. The van der Waals surface area contributed by atoms with E-state index in [0.29, 0.717) is 11.8 Å². The number of H-pyrrole nitrogens is 4. The molecule has 1 aliphatic rings. The number of benzene rings is 10. The fraction of sp³-hybridized carbons (Fsp3) is 0.321. The number of aromatic nitrogens is 8. The lowest BCUT2D eigenvalue weighted by Gasteiger charge is -2.20. The van der Waals surface area contributed by atoms with E-state index in [0.717, 1.165) is 72.0 Å². The summed E-state index contributed by atoms with van der Waals surface area (Å²) in [5, 5.41) is 7.34. The first-order valence-corrected chi connectivity index (χ1v) is 41.8. The van der Waals surface area contributed by atoms with Crippen molar-refractivity contribution in [1.82, 2.24) is 39.9 Å². The van der Waals surface area contributed by atoms with Crippen molar-refractivity contribution >= 4 is 88.3 Å². The standard InChI is InChI=1S/C18H19NO.C17H18N2.C17H17NO.C16H21N.C13H17N.C13H15N.C12H14ClN/c1-12-7-5-6-8-14(12)17-19-15-11-13(18(2,3)4)9-10-16(15)20-17;1-17(2,3)13-9-10-14-15(11-13)19-16(18-14)12-7-5-4-6-8-12;1-17(2,3)13-9-10-15-14(11-13)18-16(19-15)12-7-5-4-6-8-12;1-16(2,3)11-8-9-13-12-6-4-5-7-14(12)17-15(13)10-11;1-9-8-14-11-7-5-6-10(12(9)11)13(2,3)4;1-13(2,3)12-8-10-6-4-5-7-11(10)9-14-12;1-12(2,3)9-7-11-8(4-5-14-11)6-10(9)13/h5-11H,1-4H3;4-11H,1-3H3,(H,18,19);4-11H,1-3H3;8-10,17H,4-7H2,1-3H3;5-8,14H,1-4H3;4-9H,1-3H3;4-7,14H,1-3H3. The highest BCUT2D eigenvalue weighted by Gasteiger charge is 2.24. The molecule has 0 aliphatic heterocycles. The van der Waals surface area contributed by atoms with Gasteiger partial charge in [0.15, 0.2) is 11.2 Å². The average Bonchev–Trinajstić information content (AvgIpc) is 1.66. The number of halogens is 1. The Morgan fingerprint density at radius 2 is 0.906 bits per heavy atom. The largest absolute Gasteiger partial charge is 0.436 e. The molecule has 1 aliphatic carbocycles. The number of hydrogen-bond donors (Lipinski definition) is 4. The van der Waals surface area contributed by atoms with Crippen molar-refractivity contribution in [2.24, 2.45) is 0 Å². The maximum atomic E-state index is 6.23. The molecule has 0 atom stereocenters. The van der Waals surface area contributed by atoms with Crippen molar-refractivity contribution in [1.29, 1.82) is 0 Å². The van der Waals surface area contributed by atoms with Crippen LogP contribution in [0, 0.1) is 13.8 Å². The summed E-state index contributed by atoms with van der Waals surface area (Å²) in [5.41, 5.74) is 28.3. The summed E-state index contributed by atoms with van der Waals surface area (Å²) in [6, 6.07) is 77.5. The molecule has 0 unspecified atom stereocenters. The molecule has 117 heavy (non-hydrogen) atoms. The van der Waals surface area contributed by atoms with Crippen LogP contribution < -0.4 is 0 Å². The van der Waals surface area contributed by atoms with Crippen LogP contribution in [0.2, 0.25) is 5.02 Å². The third-order valence-corrected chi connectivity index (χ3v) is 22.1. The molecule has 0 fully saturated rings. The first-order chi connectivity index (χ1) is 55.1. The number of aromatic amines is 4. The Hall–Kier alpha value is -11.1. The maximum Gasteiger partial charge on any atom is 0.227 e. The lowest BCUT2D eigenvalue weighted by atomic mass is 9.84. The molecule has 0 bridgehead atoms. The summed E-state index contributed by atoms with van der Waals surface area (Å²) < 4.78 is 11.7. The number of pyridine rings is 1. The Kier molecular flexibility index (Phi) is 25.2. The minimum absolute atomic E-state index is 0.0936. The zero-order chi connectivity index (χ0) is 84.2. The Bertz CT molecular complexity index is 6100. The average molecular weight is 1570 g/mol. The van der Waals surface area contributed by atoms with Gasteiger partial charge < -0.3 is 28.8 Å². The molecular formula is C106H121ClN8O2. The topological polar surface area (TPSA) is 141 Å². The van der Waals surface area contributed by atoms with Gasteiger partial charge >= 0.3 is 0 Å².